The highest BCUT2D eigenvalue weighted by Crippen LogP contribution is 2.13. The topological polar surface area (TPSA) is 29.3 Å². The Morgan fingerprint density at radius 1 is 1.33 bits per heavy atom. The van der Waals surface area contributed by atoms with Crippen molar-refractivity contribution < 1.29 is 4.39 Å². The molecule has 110 valence electrons. The highest BCUT2D eigenvalue weighted by Gasteiger charge is 2.07. The second-order valence-corrected chi connectivity index (χ2v) is 5.91. The SMILES string of the molecule is CN(CCc1cccs1)Cc1ccc(C#CCN)cc1F. The van der Waals surface area contributed by atoms with Crippen LogP contribution in [0.2, 0.25) is 0 Å². The standard InChI is InChI=1S/C17H19FN2S/c1-20(10-8-16-5-3-11-21-16)13-15-7-6-14(4-2-9-19)12-17(15)18/h3,5-7,11-12H,8-10,13,19H2,1H3. The molecule has 21 heavy (non-hydrogen) atoms. The lowest BCUT2D eigenvalue weighted by atomic mass is 10.1. The molecule has 0 saturated heterocycles. The Hall–Kier alpha value is -1.67. The van der Waals surface area contributed by atoms with E-state index in [0.29, 0.717) is 17.7 Å². The van der Waals surface area contributed by atoms with Crippen LogP contribution < -0.4 is 5.73 Å². The van der Waals surface area contributed by atoms with Gasteiger partial charge in [0.1, 0.15) is 5.82 Å². The predicted molar refractivity (Wildman–Crippen MR) is 86.7 cm³/mol. The van der Waals surface area contributed by atoms with Gasteiger partial charge in [0.25, 0.3) is 0 Å². The van der Waals surface area contributed by atoms with Gasteiger partial charge in [-0.05, 0) is 37.0 Å². The van der Waals surface area contributed by atoms with Crippen molar-refractivity contribution in [1.29, 1.82) is 0 Å². The molecule has 1 heterocycles. The van der Waals surface area contributed by atoms with Crippen molar-refractivity contribution in [3.8, 4) is 11.8 Å². The Morgan fingerprint density at radius 2 is 2.19 bits per heavy atom. The molecule has 2 N–H and O–H groups in total. The van der Waals surface area contributed by atoms with Gasteiger partial charge in [-0.3, -0.25) is 0 Å². The van der Waals surface area contributed by atoms with Crippen LogP contribution in [0.15, 0.2) is 35.7 Å². The maximum absolute atomic E-state index is 14.0. The van der Waals surface area contributed by atoms with Crippen LogP contribution in [0.4, 0.5) is 4.39 Å². The molecule has 2 rings (SSSR count). The van der Waals surface area contributed by atoms with E-state index in [-0.39, 0.29) is 12.4 Å². The fourth-order valence-electron chi connectivity index (χ4n) is 2.03. The van der Waals surface area contributed by atoms with Crippen LogP contribution in [0.5, 0.6) is 0 Å². The zero-order valence-electron chi connectivity index (χ0n) is 12.1. The van der Waals surface area contributed by atoms with Gasteiger partial charge in [-0.25, -0.2) is 4.39 Å². The third-order valence-electron chi connectivity index (χ3n) is 3.15. The van der Waals surface area contributed by atoms with E-state index in [1.54, 1.807) is 17.4 Å². The van der Waals surface area contributed by atoms with E-state index in [9.17, 15) is 4.39 Å². The molecule has 2 nitrogen and oxygen atoms in total. The third-order valence-corrected chi connectivity index (χ3v) is 4.08. The van der Waals surface area contributed by atoms with Crippen molar-refractivity contribution in [3.63, 3.8) is 0 Å². The summed E-state index contributed by atoms with van der Waals surface area (Å²) in [6.45, 7) is 1.80. The van der Waals surface area contributed by atoms with E-state index >= 15 is 0 Å². The minimum atomic E-state index is -0.207. The second-order valence-electron chi connectivity index (χ2n) is 4.88. The summed E-state index contributed by atoms with van der Waals surface area (Å²) in [6.07, 6.45) is 0.996. The van der Waals surface area contributed by atoms with E-state index in [0.717, 1.165) is 13.0 Å². The molecule has 0 atom stereocenters. The number of nitrogens with two attached hydrogens (primary N) is 1. The van der Waals surface area contributed by atoms with Gasteiger partial charge in [-0.2, -0.15) is 0 Å². The number of hydrogen-bond acceptors (Lipinski definition) is 3. The lowest BCUT2D eigenvalue weighted by Crippen LogP contribution is -2.21. The molecule has 0 radical (unpaired) electrons. The van der Waals surface area contributed by atoms with Crippen LogP contribution in [-0.2, 0) is 13.0 Å². The molecule has 4 heteroatoms. The average molecular weight is 302 g/mol. The molecule has 1 aromatic carbocycles. The van der Waals surface area contributed by atoms with Crippen molar-refractivity contribution in [2.24, 2.45) is 5.73 Å². The lowest BCUT2D eigenvalue weighted by Gasteiger charge is -2.16. The first kappa shape index (κ1) is 15.7. The van der Waals surface area contributed by atoms with Crippen molar-refractivity contribution >= 4 is 11.3 Å². The number of hydrogen-bond donors (Lipinski definition) is 1. The van der Waals surface area contributed by atoms with E-state index in [1.165, 1.54) is 10.9 Å². The van der Waals surface area contributed by atoms with Gasteiger partial charge >= 0.3 is 0 Å². The molecule has 1 aromatic heterocycles. The highest BCUT2D eigenvalue weighted by molar-refractivity contribution is 7.09. The fraction of sp³-hybridized carbons (Fsp3) is 0.294. The Kier molecular flexibility index (Phi) is 5.94. The largest absolute Gasteiger partial charge is 0.320 e. The Bertz CT molecular complexity index is 626. The summed E-state index contributed by atoms with van der Waals surface area (Å²) in [7, 11) is 2.01. The number of thiophene rings is 1. The van der Waals surface area contributed by atoms with E-state index in [4.69, 9.17) is 5.73 Å². The highest BCUT2D eigenvalue weighted by atomic mass is 32.1. The second kappa shape index (κ2) is 7.94. The van der Waals surface area contributed by atoms with Gasteiger partial charge in [0, 0.05) is 29.1 Å². The summed E-state index contributed by atoms with van der Waals surface area (Å²) >= 11 is 1.76. The first-order valence-corrected chi connectivity index (χ1v) is 7.75. The first-order chi connectivity index (χ1) is 10.2. The number of nitrogens with zero attached hydrogens (tertiary/aromatic N) is 1. The van der Waals surface area contributed by atoms with Gasteiger partial charge in [0.05, 0.1) is 6.54 Å². The van der Waals surface area contributed by atoms with Gasteiger partial charge < -0.3 is 10.6 Å². The van der Waals surface area contributed by atoms with Gasteiger partial charge in [-0.15, -0.1) is 11.3 Å². The monoisotopic (exact) mass is 302 g/mol. The summed E-state index contributed by atoms with van der Waals surface area (Å²) in [5, 5.41) is 2.08. The summed E-state index contributed by atoms with van der Waals surface area (Å²) in [6, 6.07) is 9.31. The van der Waals surface area contributed by atoms with Crippen LogP contribution in [0, 0.1) is 17.7 Å². The molecule has 0 aliphatic rings. The Balaban J connectivity index is 1.92. The van der Waals surface area contributed by atoms with Crippen molar-refractivity contribution in [2.45, 2.75) is 13.0 Å². The minimum Gasteiger partial charge on any atom is -0.320 e. The molecule has 0 aliphatic carbocycles. The maximum atomic E-state index is 14.0. The molecular weight excluding hydrogens is 283 g/mol. The molecule has 0 spiro atoms. The summed E-state index contributed by atoms with van der Waals surface area (Å²) in [5.41, 5.74) is 6.68. The summed E-state index contributed by atoms with van der Waals surface area (Å²) in [5.74, 6) is 5.37. The van der Waals surface area contributed by atoms with Crippen molar-refractivity contribution in [3.05, 3.63) is 57.5 Å². The van der Waals surface area contributed by atoms with Crippen LogP contribution in [-0.4, -0.2) is 25.0 Å². The lowest BCUT2D eigenvalue weighted by molar-refractivity contribution is 0.326. The Labute approximate surface area is 129 Å². The zero-order valence-corrected chi connectivity index (χ0v) is 12.9. The molecule has 0 amide bonds. The molecule has 0 aliphatic heterocycles. The third kappa shape index (κ3) is 4.98. The van der Waals surface area contributed by atoms with Crippen LogP contribution in [0.3, 0.4) is 0 Å². The van der Waals surface area contributed by atoms with Gasteiger partial charge in [-0.1, -0.05) is 24.0 Å². The predicted octanol–water partition coefficient (Wildman–Crippen LogP) is 2.87. The van der Waals surface area contributed by atoms with Crippen LogP contribution >= 0.6 is 11.3 Å². The fourth-order valence-corrected chi connectivity index (χ4v) is 2.73. The zero-order chi connectivity index (χ0) is 15.1. The van der Waals surface area contributed by atoms with Crippen LogP contribution in [0.25, 0.3) is 0 Å². The smallest absolute Gasteiger partial charge is 0.128 e. The minimum absolute atomic E-state index is 0.207. The maximum Gasteiger partial charge on any atom is 0.128 e. The molecule has 0 saturated carbocycles. The average Bonchev–Trinajstić information content (AvgIpc) is 2.99. The molecule has 0 unspecified atom stereocenters. The molecular formula is C17H19FN2S. The Morgan fingerprint density at radius 3 is 2.86 bits per heavy atom. The van der Waals surface area contributed by atoms with Gasteiger partial charge in [0.2, 0.25) is 0 Å². The number of benzene rings is 1. The molecule has 0 bridgehead atoms. The summed E-state index contributed by atoms with van der Waals surface area (Å²) in [4.78, 5) is 3.48. The van der Waals surface area contributed by atoms with E-state index < -0.39 is 0 Å². The molecule has 2 aromatic rings. The van der Waals surface area contributed by atoms with E-state index in [1.807, 2.05) is 13.1 Å². The van der Waals surface area contributed by atoms with Crippen LogP contribution in [0.1, 0.15) is 16.0 Å². The number of likely N-dealkylation sites (N-methyl/N-ethyl adjacent to an activating group) is 1. The van der Waals surface area contributed by atoms with Crippen molar-refractivity contribution in [2.75, 3.05) is 20.1 Å². The van der Waals surface area contributed by atoms with Crippen molar-refractivity contribution in [1.82, 2.24) is 4.90 Å². The number of halogens is 1. The van der Waals surface area contributed by atoms with E-state index in [2.05, 4.69) is 34.3 Å². The normalized spacial score (nSPS) is 10.5. The number of rotatable bonds is 5. The quantitative estimate of drug-likeness (QED) is 0.861. The first-order valence-electron chi connectivity index (χ1n) is 6.87. The molecule has 0 fully saturated rings. The summed E-state index contributed by atoms with van der Waals surface area (Å²) < 4.78 is 14.0. The van der Waals surface area contributed by atoms with Gasteiger partial charge in [0.15, 0.2) is 0 Å².